The molecule has 0 radical (unpaired) electrons. The minimum Gasteiger partial charge on any atom is -0.497 e. The van der Waals surface area contributed by atoms with E-state index < -0.39 is 0 Å². The summed E-state index contributed by atoms with van der Waals surface area (Å²) in [5.74, 6) is 0.716. The first-order chi connectivity index (χ1) is 12.0. The molecular weight excluding hydrogens is 318 g/mol. The lowest BCUT2D eigenvalue weighted by Crippen LogP contribution is -2.32. The predicted molar refractivity (Wildman–Crippen MR) is 96.1 cm³/mol. The number of likely N-dealkylation sites (tertiary alicyclic amines) is 1. The highest BCUT2D eigenvalue weighted by Crippen LogP contribution is 2.28. The maximum atomic E-state index is 12.8. The predicted octanol–water partition coefficient (Wildman–Crippen LogP) is 1.51. The number of nitrogens with two attached hydrogens (primary N) is 1. The third kappa shape index (κ3) is 3.58. The molecule has 0 bridgehead atoms. The number of nitrogens with zero attached hydrogens (tertiary/aromatic N) is 1. The van der Waals surface area contributed by atoms with E-state index in [0.717, 1.165) is 17.0 Å². The van der Waals surface area contributed by atoms with E-state index in [-0.39, 0.29) is 23.4 Å². The molecule has 2 aromatic rings. The van der Waals surface area contributed by atoms with Gasteiger partial charge in [-0.3, -0.25) is 9.59 Å². The number of hydrogen-bond donors (Lipinski definition) is 2. The summed E-state index contributed by atoms with van der Waals surface area (Å²) in [7, 11) is 1.63. The van der Waals surface area contributed by atoms with Crippen molar-refractivity contribution in [2.45, 2.75) is 25.3 Å². The first-order valence-corrected chi connectivity index (χ1v) is 8.44. The molecule has 3 rings (SSSR count). The minimum absolute atomic E-state index is 0.0718. The van der Waals surface area contributed by atoms with E-state index in [2.05, 4.69) is 4.98 Å². The Hall–Kier alpha value is -2.60. The van der Waals surface area contributed by atoms with Gasteiger partial charge in [0.05, 0.1) is 7.11 Å². The Kier molecular flexibility index (Phi) is 4.90. The van der Waals surface area contributed by atoms with Gasteiger partial charge in [-0.25, -0.2) is 0 Å². The second-order valence-electron chi connectivity index (χ2n) is 6.37. The lowest BCUT2D eigenvalue weighted by molar-refractivity contribution is 0.0788. The number of benzene rings is 1. The zero-order chi connectivity index (χ0) is 18.0. The van der Waals surface area contributed by atoms with Crippen LogP contribution in [0.3, 0.4) is 0 Å². The van der Waals surface area contributed by atoms with Crippen molar-refractivity contribution in [3.8, 4) is 5.75 Å². The summed E-state index contributed by atoms with van der Waals surface area (Å²) >= 11 is 0. The van der Waals surface area contributed by atoms with E-state index in [4.69, 9.17) is 10.5 Å². The van der Waals surface area contributed by atoms with Gasteiger partial charge in [0.15, 0.2) is 0 Å². The van der Waals surface area contributed by atoms with Gasteiger partial charge in [0, 0.05) is 42.4 Å². The van der Waals surface area contributed by atoms with Gasteiger partial charge in [0.25, 0.3) is 5.91 Å². The molecule has 3 N–H and O–H groups in total. The van der Waals surface area contributed by atoms with Gasteiger partial charge in [-0.05, 0) is 30.2 Å². The number of carbonyl (C=O) groups is 1. The Balaban J connectivity index is 1.79. The standard InChI is InChI=1S/C19H23N3O3/c1-3-14-8-13(9-18(23)21-14)19(24)22-10-16(17(20)11-22)12-4-6-15(25-2)7-5-12/h4-9,16-17H,3,10-11,20H2,1-2H3,(H,21,23)/t16-,17+/m1/s1. The van der Waals surface area contributed by atoms with Crippen molar-refractivity contribution in [2.75, 3.05) is 20.2 Å². The number of ether oxygens (including phenoxy) is 1. The van der Waals surface area contributed by atoms with Gasteiger partial charge in [0.1, 0.15) is 5.75 Å². The van der Waals surface area contributed by atoms with Crippen LogP contribution in [0.1, 0.15) is 34.5 Å². The van der Waals surface area contributed by atoms with E-state index in [0.29, 0.717) is 25.1 Å². The lowest BCUT2D eigenvalue weighted by Gasteiger charge is -2.17. The Morgan fingerprint density at radius 2 is 2.00 bits per heavy atom. The molecule has 2 atom stereocenters. The molecule has 0 unspecified atom stereocenters. The number of nitrogens with one attached hydrogen (secondary N) is 1. The van der Waals surface area contributed by atoms with Crippen molar-refractivity contribution in [3.05, 3.63) is 63.6 Å². The van der Waals surface area contributed by atoms with E-state index in [1.54, 1.807) is 18.1 Å². The molecule has 6 nitrogen and oxygen atoms in total. The van der Waals surface area contributed by atoms with Crippen LogP contribution in [0, 0.1) is 0 Å². The molecule has 1 aromatic carbocycles. The molecule has 1 amide bonds. The molecule has 0 spiro atoms. The Morgan fingerprint density at radius 1 is 1.28 bits per heavy atom. The highest BCUT2D eigenvalue weighted by Gasteiger charge is 2.34. The van der Waals surface area contributed by atoms with Gasteiger partial charge in [-0.1, -0.05) is 19.1 Å². The van der Waals surface area contributed by atoms with E-state index >= 15 is 0 Å². The van der Waals surface area contributed by atoms with Crippen LogP contribution in [-0.2, 0) is 6.42 Å². The molecule has 1 fully saturated rings. The molecular formula is C19H23N3O3. The largest absolute Gasteiger partial charge is 0.497 e. The number of H-pyrrole nitrogens is 1. The van der Waals surface area contributed by atoms with Gasteiger partial charge < -0.3 is 20.4 Å². The van der Waals surface area contributed by atoms with E-state index in [1.807, 2.05) is 31.2 Å². The number of methoxy groups -OCH3 is 1. The fourth-order valence-corrected chi connectivity index (χ4v) is 3.30. The summed E-state index contributed by atoms with van der Waals surface area (Å²) in [6.45, 7) is 2.95. The van der Waals surface area contributed by atoms with E-state index in [1.165, 1.54) is 6.07 Å². The maximum absolute atomic E-state index is 12.8. The smallest absolute Gasteiger partial charge is 0.254 e. The van der Waals surface area contributed by atoms with Gasteiger partial charge in [-0.15, -0.1) is 0 Å². The second kappa shape index (κ2) is 7.11. The molecule has 1 aliphatic rings. The van der Waals surface area contributed by atoms with Crippen LogP contribution in [-0.4, -0.2) is 42.0 Å². The van der Waals surface area contributed by atoms with E-state index in [9.17, 15) is 9.59 Å². The third-order valence-corrected chi connectivity index (χ3v) is 4.72. The van der Waals surface area contributed by atoms with Crippen LogP contribution in [0.15, 0.2) is 41.2 Å². The topological polar surface area (TPSA) is 88.4 Å². The zero-order valence-corrected chi connectivity index (χ0v) is 14.5. The van der Waals surface area contributed by atoms with Crippen LogP contribution < -0.4 is 16.0 Å². The number of pyridine rings is 1. The summed E-state index contributed by atoms with van der Waals surface area (Å²) in [5.41, 5.74) is 8.29. The molecule has 1 aromatic heterocycles. The number of carbonyl (C=O) groups excluding carboxylic acids is 1. The first kappa shape index (κ1) is 17.2. The van der Waals surface area contributed by atoms with Crippen LogP contribution in [0.2, 0.25) is 0 Å². The fourth-order valence-electron chi connectivity index (χ4n) is 3.30. The highest BCUT2D eigenvalue weighted by molar-refractivity contribution is 5.94. The second-order valence-corrected chi connectivity index (χ2v) is 6.37. The number of aromatic nitrogens is 1. The van der Waals surface area contributed by atoms with Crippen molar-refractivity contribution in [1.29, 1.82) is 0 Å². The normalized spacial score (nSPS) is 19.9. The van der Waals surface area contributed by atoms with Crippen molar-refractivity contribution in [3.63, 3.8) is 0 Å². The van der Waals surface area contributed by atoms with Gasteiger partial charge in [-0.2, -0.15) is 0 Å². The van der Waals surface area contributed by atoms with Crippen molar-refractivity contribution in [2.24, 2.45) is 5.73 Å². The fraction of sp³-hybridized carbons (Fsp3) is 0.368. The summed E-state index contributed by atoms with van der Waals surface area (Å²) in [4.78, 5) is 29.0. The molecule has 0 aliphatic carbocycles. The first-order valence-electron chi connectivity index (χ1n) is 8.44. The molecule has 1 saturated heterocycles. The quantitative estimate of drug-likeness (QED) is 0.882. The molecule has 25 heavy (non-hydrogen) atoms. The van der Waals surface area contributed by atoms with Crippen molar-refractivity contribution < 1.29 is 9.53 Å². The highest BCUT2D eigenvalue weighted by atomic mass is 16.5. The molecule has 132 valence electrons. The number of aromatic amines is 1. The average molecular weight is 341 g/mol. The summed E-state index contributed by atoms with van der Waals surface area (Å²) in [6, 6.07) is 10.7. The number of hydrogen-bond acceptors (Lipinski definition) is 4. The SMILES string of the molecule is CCc1cc(C(=O)N2C[C@H](c3ccc(OC)cc3)[C@@H](N)C2)cc(=O)[nH]1. The molecule has 6 heteroatoms. The third-order valence-electron chi connectivity index (χ3n) is 4.72. The number of rotatable bonds is 4. The number of aryl methyl sites for hydroxylation is 1. The minimum atomic E-state index is -0.252. The average Bonchev–Trinajstić information content (AvgIpc) is 3.02. The molecule has 1 aliphatic heterocycles. The van der Waals surface area contributed by atoms with Gasteiger partial charge >= 0.3 is 0 Å². The van der Waals surface area contributed by atoms with Crippen LogP contribution in [0.25, 0.3) is 0 Å². The summed E-state index contributed by atoms with van der Waals surface area (Å²) in [6.07, 6.45) is 0.671. The molecule has 0 saturated carbocycles. The van der Waals surface area contributed by atoms with Gasteiger partial charge in [0.2, 0.25) is 5.56 Å². The van der Waals surface area contributed by atoms with Crippen LogP contribution >= 0.6 is 0 Å². The Labute approximate surface area is 146 Å². The summed E-state index contributed by atoms with van der Waals surface area (Å²) in [5, 5.41) is 0. The summed E-state index contributed by atoms with van der Waals surface area (Å²) < 4.78 is 5.18. The molecule has 2 heterocycles. The Bertz CT molecular complexity index is 813. The zero-order valence-electron chi connectivity index (χ0n) is 14.5. The van der Waals surface area contributed by atoms with Crippen LogP contribution in [0.4, 0.5) is 0 Å². The van der Waals surface area contributed by atoms with Crippen LogP contribution in [0.5, 0.6) is 5.75 Å². The van der Waals surface area contributed by atoms with Crippen molar-refractivity contribution >= 4 is 5.91 Å². The maximum Gasteiger partial charge on any atom is 0.254 e. The number of amides is 1. The van der Waals surface area contributed by atoms with Crippen molar-refractivity contribution in [1.82, 2.24) is 9.88 Å². The Morgan fingerprint density at radius 3 is 2.64 bits per heavy atom. The monoisotopic (exact) mass is 341 g/mol. The lowest BCUT2D eigenvalue weighted by atomic mass is 9.95.